The van der Waals surface area contributed by atoms with Crippen LogP contribution < -0.4 is 5.32 Å². The highest BCUT2D eigenvalue weighted by Crippen LogP contribution is 2.32. The second kappa shape index (κ2) is 5.67. The molecule has 0 aliphatic heterocycles. The Labute approximate surface area is 108 Å². The van der Waals surface area contributed by atoms with Crippen LogP contribution in [0.25, 0.3) is 0 Å². The van der Waals surface area contributed by atoms with Crippen LogP contribution in [0.4, 0.5) is 5.95 Å². The molecule has 4 heteroatoms. The minimum Gasteiger partial charge on any atom is -0.354 e. The maximum Gasteiger partial charge on any atom is 0.223 e. The predicted molar refractivity (Wildman–Crippen MR) is 71.5 cm³/mol. The van der Waals surface area contributed by atoms with E-state index in [-0.39, 0.29) is 0 Å². The second-order valence-corrected chi connectivity index (χ2v) is 5.27. The molecule has 0 aromatic carbocycles. The van der Waals surface area contributed by atoms with E-state index < -0.39 is 0 Å². The summed E-state index contributed by atoms with van der Waals surface area (Å²) in [5, 5.41) is 3.35. The minimum atomic E-state index is 0.662. The summed E-state index contributed by atoms with van der Waals surface area (Å²) in [5.74, 6) is 2.87. The minimum absolute atomic E-state index is 0.662. The first kappa shape index (κ1) is 12.6. The predicted octanol–water partition coefficient (Wildman–Crippen LogP) is 3.16. The van der Waals surface area contributed by atoms with Crippen molar-refractivity contribution in [2.24, 2.45) is 11.8 Å². The van der Waals surface area contributed by atoms with E-state index in [1.807, 2.05) is 19.9 Å². The van der Waals surface area contributed by atoms with Crippen LogP contribution >= 0.6 is 11.6 Å². The summed E-state index contributed by atoms with van der Waals surface area (Å²) < 4.78 is 0. The van der Waals surface area contributed by atoms with E-state index in [0.29, 0.717) is 11.8 Å². The molecule has 2 rings (SSSR count). The number of anilines is 1. The molecular weight excluding hydrogens is 234 g/mol. The van der Waals surface area contributed by atoms with Gasteiger partial charge in [-0.05, 0) is 44.6 Å². The lowest BCUT2D eigenvalue weighted by molar-refractivity contribution is 0.443. The van der Waals surface area contributed by atoms with Crippen molar-refractivity contribution in [3.05, 3.63) is 17.5 Å². The number of hydrogen-bond acceptors (Lipinski definition) is 3. The van der Waals surface area contributed by atoms with Crippen molar-refractivity contribution in [2.75, 3.05) is 17.7 Å². The fraction of sp³-hybridized carbons (Fsp3) is 0.692. The molecule has 1 fully saturated rings. The van der Waals surface area contributed by atoms with Gasteiger partial charge in [-0.2, -0.15) is 0 Å². The summed E-state index contributed by atoms with van der Waals surface area (Å²) in [7, 11) is 0. The number of nitrogens with zero attached hydrogens (tertiary/aromatic N) is 2. The van der Waals surface area contributed by atoms with Gasteiger partial charge in [-0.25, -0.2) is 9.97 Å². The molecule has 0 radical (unpaired) electrons. The van der Waals surface area contributed by atoms with E-state index in [4.69, 9.17) is 11.6 Å². The van der Waals surface area contributed by atoms with E-state index in [1.165, 1.54) is 19.3 Å². The van der Waals surface area contributed by atoms with Crippen molar-refractivity contribution < 1.29 is 0 Å². The first-order valence-corrected chi connectivity index (χ1v) is 6.84. The van der Waals surface area contributed by atoms with Gasteiger partial charge in [0, 0.05) is 23.8 Å². The topological polar surface area (TPSA) is 37.8 Å². The van der Waals surface area contributed by atoms with Crippen molar-refractivity contribution in [2.45, 2.75) is 33.1 Å². The van der Waals surface area contributed by atoms with Crippen molar-refractivity contribution in [1.82, 2.24) is 9.97 Å². The highest BCUT2D eigenvalue weighted by molar-refractivity contribution is 6.18. The molecule has 3 nitrogen and oxygen atoms in total. The van der Waals surface area contributed by atoms with Crippen LogP contribution in [0.5, 0.6) is 0 Å². The van der Waals surface area contributed by atoms with Gasteiger partial charge >= 0.3 is 0 Å². The quantitative estimate of drug-likeness (QED) is 0.838. The lowest BCUT2D eigenvalue weighted by Gasteiger charge is -2.17. The van der Waals surface area contributed by atoms with Gasteiger partial charge in [0.25, 0.3) is 0 Å². The van der Waals surface area contributed by atoms with Crippen LogP contribution in [0.1, 0.15) is 30.7 Å². The standard InChI is InChI=1S/C13H20ClN3/c1-9-6-10(2)17-13(16-9)15-8-12-5-3-4-11(12)7-14/h6,11-12H,3-5,7-8H2,1-2H3,(H,15,16,17). The van der Waals surface area contributed by atoms with Crippen LogP contribution in [0.15, 0.2) is 6.07 Å². The van der Waals surface area contributed by atoms with Gasteiger partial charge in [-0.3, -0.25) is 0 Å². The highest BCUT2D eigenvalue weighted by atomic mass is 35.5. The maximum atomic E-state index is 5.98. The zero-order valence-electron chi connectivity index (χ0n) is 10.5. The number of alkyl halides is 1. The number of nitrogens with one attached hydrogen (secondary N) is 1. The first-order valence-electron chi connectivity index (χ1n) is 6.31. The molecule has 17 heavy (non-hydrogen) atoms. The van der Waals surface area contributed by atoms with Gasteiger partial charge in [-0.15, -0.1) is 11.6 Å². The SMILES string of the molecule is Cc1cc(C)nc(NCC2CCCC2CCl)n1. The Morgan fingerprint density at radius 2 is 1.88 bits per heavy atom. The summed E-state index contributed by atoms with van der Waals surface area (Å²) in [5.41, 5.74) is 2.03. The Balaban J connectivity index is 1.93. The van der Waals surface area contributed by atoms with Crippen molar-refractivity contribution in [3.8, 4) is 0 Å². The molecule has 1 aliphatic carbocycles. The van der Waals surface area contributed by atoms with Crippen LogP contribution in [0, 0.1) is 25.7 Å². The Bertz CT molecular complexity index is 361. The average molecular weight is 254 g/mol. The number of hydrogen-bond donors (Lipinski definition) is 1. The molecule has 2 unspecified atom stereocenters. The summed E-state index contributed by atoms with van der Waals surface area (Å²) in [6.07, 6.45) is 3.84. The second-order valence-electron chi connectivity index (χ2n) is 4.96. The van der Waals surface area contributed by atoms with E-state index in [1.54, 1.807) is 0 Å². The molecule has 1 heterocycles. The molecule has 1 aromatic rings. The molecule has 1 N–H and O–H groups in total. The number of halogens is 1. The first-order chi connectivity index (χ1) is 8.19. The zero-order chi connectivity index (χ0) is 12.3. The van der Waals surface area contributed by atoms with E-state index >= 15 is 0 Å². The molecule has 1 saturated carbocycles. The number of rotatable bonds is 4. The highest BCUT2D eigenvalue weighted by Gasteiger charge is 2.26. The monoisotopic (exact) mass is 253 g/mol. The van der Waals surface area contributed by atoms with E-state index in [9.17, 15) is 0 Å². The van der Waals surface area contributed by atoms with Gasteiger partial charge in [-0.1, -0.05) is 6.42 Å². The summed E-state index contributed by atoms with van der Waals surface area (Å²) in [6.45, 7) is 4.94. The van der Waals surface area contributed by atoms with E-state index in [0.717, 1.165) is 29.8 Å². The molecule has 2 atom stereocenters. The van der Waals surface area contributed by atoms with Gasteiger partial charge in [0.05, 0.1) is 0 Å². The summed E-state index contributed by atoms with van der Waals surface area (Å²) in [4.78, 5) is 8.78. The van der Waals surface area contributed by atoms with Crippen molar-refractivity contribution >= 4 is 17.5 Å². The fourth-order valence-corrected chi connectivity index (χ4v) is 3.02. The largest absolute Gasteiger partial charge is 0.354 e. The number of aryl methyl sites for hydroxylation is 2. The number of aromatic nitrogens is 2. The Morgan fingerprint density at radius 3 is 2.53 bits per heavy atom. The third-order valence-corrected chi connectivity index (χ3v) is 3.92. The lowest BCUT2D eigenvalue weighted by atomic mass is 9.98. The van der Waals surface area contributed by atoms with Crippen LogP contribution in [0.3, 0.4) is 0 Å². The lowest BCUT2D eigenvalue weighted by Crippen LogP contribution is -2.20. The Hall–Kier alpha value is -0.830. The third kappa shape index (κ3) is 3.32. The molecule has 1 aromatic heterocycles. The summed E-state index contributed by atoms with van der Waals surface area (Å²) in [6, 6.07) is 1.99. The molecule has 0 saturated heterocycles. The van der Waals surface area contributed by atoms with Crippen LogP contribution in [0.2, 0.25) is 0 Å². The summed E-state index contributed by atoms with van der Waals surface area (Å²) >= 11 is 5.98. The van der Waals surface area contributed by atoms with Gasteiger partial charge in [0.15, 0.2) is 0 Å². The Morgan fingerprint density at radius 1 is 1.24 bits per heavy atom. The molecule has 0 spiro atoms. The molecule has 1 aliphatic rings. The van der Waals surface area contributed by atoms with Crippen molar-refractivity contribution in [1.29, 1.82) is 0 Å². The van der Waals surface area contributed by atoms with Gasteiger partial charge in [0.2, 0.25) is 5.95 Å². The Kier molecular flexibility index (Phi) is 4.21. The fourth-order valence-electron chi connectivity index (χ4n) is 2.61. The van der Waals surface area contributed by atoms with Gasteiger partial charge in [0.1, 0.15) is 0 Å². The van der Waals surface area contributed by atoms with Crippen molar-refractivity contribution in [3.63, 3.8) is 0 Å². The smallest absolute Gasteiger partial charge is 0.223 e. The normalized spacial score (nSPS) is 23.9. The van der Waals surface area contributed by atoms with Crippen LogP contribution in [-0.2, 0) is 0 Å². The molecule has 0 amide bonds. The molecule has 0 bridgehead atoms. The zero-order valence-corrected chi connectivity index (χ0v) is 11.3. The maximum absolute atomic E-state index is 5.98. The third-order valence-electron chi connectivity index (χ3n) is 3.52. The average Bonchev–Trinajstić information content (AvgIpc) is 2.72. The van der Waals surface area contributed by atoms with Gasteiger partial charge < -0.3 is 5.32 Å². The molecular formula is C13H20ClN3. The van der Waals surface area contributed by atoms with Crippen LogP contribution in [-0.4, -0.2) is 22.4 Å². The van der Waals surface area contributed by atoms with E-state index in [2.05, 4.69) is 15.3 Å². The molecule has 94 valence electrons.